The van der Waals surface area contributed by atoms with Gasteiger partial charge in [-0.3, -0.25) is 9.59 Å². The zero-order chi connectivity index (χ0) is 27.0. The van der Waals surface area contributed by atoms with Crippen molar-refractivity contribution in [1.29, 1.82) is 0 Å². The highest BCUT2D eigenvalue weighted by Crippen LogP contribution is 2.30. The van der Waals surface area contributed by atoms with Crippen LogP contribution in [0.2, 0.25) is 5.02 Å². The van der Waals surface area contributed by atoms with Crippen LogP contribution in [-0.2, 0) is 19.6 Å². The van der Waals surface area contributed by atoms with Crippen molar-refractivity contribution in [2.24, 2.45) is 11.8 Å². The topological polar surface area (TPSA) is 102 Å². The molecule has 2 aromatic rings. The lowest BCUT2D eigenvalue weighted by Gasteiger charge is -2.46. The van der Waals surface area contributed by atoms with Gasteiger partial charge in [0.25, 0.3) is 0 Å². The second-order valence-corrected chi connectivity index (χ2v) is 13.0. The van der Waals surface area contributed by atoms with Gasteiger partial charge in [-0.2, -0.15) is 4.72 Å². The molecule has 3 aliphatic heterocycles. The van der Waals surface area contributed by atoms with Gasteiger partial charge in [-0.05, 0) is 73.7 Å². The van der Waals surface area contributed by atoms with Crippen LogP contribution < -0.4 is 10.0 Å². The number of sulfonamides is 1. The Labute approximate surface area is 229 Å². The van der Waals surface area contributed by atoms with Gasteiger partial charge < -0.3 is 20.0 Å². The molecule has 0 saturated carbocycles. The monoisotopic (exact) mass is 561 g/mol. The van der Waals surface area contributed by atoms with Gasteiger partial charge in [-0.1, -0.05) is 23.7 Å². The Kier molecular flexibility index (Phi) is 7.98. The molecule has 5 rings (SSSR count). The number of fused-ring (bicyclic) bond motifs is 3. The molecule has 3 fully saturated rings. The molecule has 0 spiro atoms. The fraction of sp³-hybridized carbons (Fsp3) is 0.556. The minimum absolute atomic E-state index is 0.0478. The Morgan fingerprint density at radius 2 is 1.76 bits per heavy atom. The van der Waals surface area contributed by atoms with Gasteiger partial charge in [0, 0.05) is 50.8 Å². The number of hydrogen-bond acceptors (Lipinski definition) is 6. The van der Waals surface area contributed by atoms with E-state index in [1.54, 1.807) is 37.3 Å². The van der Waals surface area contributed by atoms with E-state index >= 15 is 0 Å². The number of likely N-dealkylation sites (N-methyl/N-ethyl adjacent to an activating group) is 1. The molecule has 1 unspecified atom stereocenters. The van der Waals surface area contributed by atoms with Crippen LogP contribution in [0.25, 0.3) is 10.8 Å². The van der Waals surface area contributed by atoms with E-state index < -0.39 is 22.1 Å². The number of amides is 2. The minimum atomic E-state index is -3.93. The SMILES string of the molecule is CNCCN1C[C@@H]2C[C@@H](C1)CN(C(=O)C(C)N1CC[C@H](NS(=O)(=O)c3ccc4cc(Cl)ccc4c3)C1=O)C2. The predicted molar refractivity (Wildman–Crippen MR) is 147 cm³/mol. The number of benzene rings is 2. The first-order valence-electron chi connectivity index (χ1n) is 13.3. The lowest BCUT2D eigenvalue weighted by Crippen LogP contribution is -2.58. The summed E-state index contributed by atoms with van der Waals surface area (Å²) in [5.41, 5.74) is 0. The van der Waals surface area contributed by atoms with Gasteiger partial charge in [-0.25, -0.2) is 8.42 Å². The maximum atomic E-state index is 13.4. The maximum Gasteiger partial charge on any atom is 0.245 e. The molecule has 206 valence electrons. The molecule has 0 aromatic heterocycles. The molecule has 38 heavy (non-hydrogen) atoms. The Bertz CT molecular complexity index is 1310. The van der Waals surface area contributed by atoms with Crippen molar-refractivity contribution < 1.29 is 18.0 Å². The molecule has 2 N–H and O–H groups in total. The molecule has 9 nitrogen and oxygen atoms in total. The molecule has 2 amide bonds. The third-order valence-corrected chi connectivity index (χ3v) is 9.80. The molecular formula is C27H36ClN5O4S. The standard InChI is InChI=1S/C27H36ClN5O4S/c1-18(26(34)32-16-19-11-20(17-32)15-31(14-19)10-8-29-2)33-9-7-25(27(33)35)30-38(36,37)24-6-4-21-12-23(28)5-3-22(21)13-24/h3-6,12-13,18-20,25,29-30H,7-11,14-17H2,1-2H3/t18?,19-,20-,25-/m0/s1. The van der Waals surface area contributed by atoms with Crippen LogP contribution in [0, 0.1) is 11.8 Å². The van der Waals surface area contributed by atoms with E-state index in [0.29, 0.717) is 42.9 Å². The van der Waals surface area contributed by atoms with Gasteiger partial charge in [0.2, 0.25) is 21.8 Å². The Hall–Kier alpha value is -2.24. The molecule has 0 radical (unpaired) electrons. The summed E-state index contributed by atoms with van der Waals surface area (Å²) in [4.78, 5) is 32.7. The average Bonchev–Trinajstić information content (AvgIpc) is 3.24. The van der Waals surface area contributed by atoms with E-state index in [4.69, 9.17) is 11.6 Å². The van der Waals surface area contributed by atoms with Crippen molar-refractivity contribution in [3.8, 4) is 0 Å². The Morgan fingerprint density at radius 3 is 2.47 bits per heavy atom. The van der Waals surface area contributed by atoms with Crippen molar-refractivity contribution in [3.05, 3.63) is 41.4 Å². The Morgan fingerprint density at radius 1 is 1.08 bits per heavy atom. The molecule has 2 bridgehead atoms. The number of hydrogen-bond donors (Lipinski definition) is 2. The smallest absolute Gasteiger partial charge is 0.245 e. The molecular weight excluding hydrogens is 526 g/mol. The molecule has 3 saturated heterocycles. The summed E-state index contributed by atoms with van der Waals surface area (Å²) in [5.74, 6) is 0.496. The van der Waals surface area contributed by atoms with Gasteiger partial charge in [0.1, 0.15) is 12.1 Å². The highest BCUT2D eigenvalue weighted by molar-refractivity contribution is 7.89. The Balaban J connectivity index is 1.21. The molecule has 0 aliphatic carbocycles. The fourth-order valence-corrected chi connectivity index (χ4v) is 7.67. The van der Waals surface area contributed by atoms with E-state index in [2.05, 4.69) is 14.9 Å². The van der Waals surface area contributed by atoms with Crippen molar-refractivity contribution in [3.63, 3.8) is 0 Å². The summed E-state index contributed by atoms with van der Waals surface area (Å²) in [5, 5.41) is 5.35. The number of likely N-dealkylation sites (tertiary alicyclic amines) is 3. The van der Waals surface area contributed by atoms with Crippen LogP contribution >= 0.6 is 11.6 Å². The van der Waals surface area contributed by atoms with Gasteiger partial charge >= 0.3 is 0 Å². The average molecular weight is 562 g/mol. The third-order valence-electron chi connectivity index (χ3n) is 8.09. The van der Waals surface area contributed by atoms with E-state index in [1.165, 1.54) is 11.0 Å². The lowest BCUT2D eigenvalue weighted by atomic mass is 9.84. The lowest BCUT2D eigenvalue weighted by molar-refractivity contribution is -0.146. The third kappa shape index (κ3) is 5.70. The second-order valence-electron chi connectivity index (χ2n) is 10.9. The summed E-state index contributed by atoms with van der Waals surface area (Å²) in [7, 11) is -1.97. The number of carbonyl (C=O) groups excluding carboxylic acids is 2. The van der Waals surface area contributed by atoms with E-state index in [0.717, 1.165) is 43.4 Å². The van der Waals surface area contributed by atoms with E-state index in [-0.39, 0.29) is 16.7 Å². The first kappa shape index (κ1) is 27.3. The van der Waals surface area contributed by atoms with Crippen molar-refractivity contribution >= 4 is 44.2 Å². The van der Waals surface area contributed by atoms with Crippen molar-refractivity contribution in [2.75, 3.05) is 52.9 Å². The molecule has 4 atom stereocenters. The minimum Gasteiger partial charge on any atom is -0.340 e. The first-order chi connectivity index (χ1) is 18.1. The van der Waals surface area contributed by atoms with Crippen LogP contribution in [0.4, 0.5) is 0 Å². The summed E-state index contributed by atoms with van der Waals surface area (Å²) >= 11 is 6.03. The van der Waals surface area contributed by atoms with Crippen LogP contribution in [0.3, 0.4) is 0 Å². The van der Waals surface area contributed by atoms with Gasteiger partial charge in [0.05, 0.1) is 4.90 Å². The van der Waals surface area contributed by atoms with Crippen LogP contribution in [0.1, 0.15) is 19.8 Å². The highest BCUT2D eigenvalue weighted by Gasteiger charge is 2.42. The van der Waals surface area contributed by atoms with Crippen LogP contribution in [-0.4, -0.2) is 99.9 Å². The normalized spacial score (nSPS) is 25.2. The van der Waals surface area contributed by atoms with Gasteiger partial charge in [-0.15, -0.1) is 0 Å². The zero-order valence-electron chi connectivity index (χ0n) is 21.9. The van der Waals surface area contributed by atoms with Gasteiger partial charge in [0.15, 0.2) is 0 Å². The molecule has 3 heterocycles. The number of nitrogens with zero attached hydrogens (tertiary/aromatic N) is 3. The predicted octanol–water partition coefficient (Wildman–Crippen LogP) is 1.76. The summed E-state index contributed by atoms with van der Waals surface area (Å²) in [6.45, 7) is 7.47. The van der Waals surface area contributed by atoms with Crippen molar-refractivity contribution in [2.45, 2.75) is 36.7 Å². The maximum absolute atomic E-state index is 13.4. The van der Waals surface area contributed by atoms with E-state index in [1.807, 2.05) is 11.9 Å². The largest absolute Gasteiger partial charge is 0.340 e. The highest BCUT2D eigenvalue weighted by atomic mass is 35.5. The quantitative estimate of drug-likeness (QED) is 0.509. The number of carbonyl (C=O) groups is 2. The van der Waals surface area contributed by atoms with Crippen LogP contribution in [0.5, 0.6) is 0 Å². The number of rotatable bonds is 8. The molecule has 11 heteroatoms. The van der Waals surface area contributed by atoms with Crippen LogP contribution in [0.15, 0.2) is 41.3 Å². The number of halogens is 1. The molecule has 3 aliphatic rings. The van der Waals surface area contributed by atoms with E-state index in [9.17, 15) is 18.0 Å². The number of nitrogens with one attached hydrogen (secondary N) is 2. The van der Waals surface area contributed by atoms with Crippen molar-refractivity contribution in [1.82, 2.24) is 24.7 Å². The summed E-state index contributed by atoms with van der Waals surface area (Å²) in [6.07, 6.45) is 1.47. The molecule has 2 aromatic carbocycles. The number of piperidine rings is 2. The zero-order valence-corrected chi connectivity index (χ0v) is 23.5. The summed E-state index contributed by atoms with van der Waals surface area (Å²) in [6, 6.07) is 8.52. The fourth-order valence-electron chi connectivity index (χ4n) is 6.23. The second kappa shape index (κ2) is 11.1. The first-order valence-corrected chi connectivity index (χ1v) is 15.2. The summed E-state index contributed by atoms with van der Waals surface area (Å²) < 4.78 is 28.8.